The Hall–Kier alpha value is -0.340. The van der Waals surface area contributed by atoms with Gasteiger partial charge in [-0.25, -0.2) is 0 Å². The Morgan fingerprint density at radius 2 is 1.46 bits per heavy atom. The van der Waals surface area contributed by atoms with Crippen LogP contribution in [0, 0.1) is 13.8 Å². The van der Waals surface area contributed by atoms with Crippen LogP contribution in [0.15, 0.2) is 17.0 Å². The predicted octanol–water partition coefficient (Wildman–Crippen LogP) is -0.750. The Balaban J connectivity index is 0.00000144. The van der Waals surface area contributed by atoms with Gasteiger partial charge in [0, 0.05) is 10.9 Å². The molecule has 0 saturated carbocycles. The molecule has 1 aromatic rings. The summed E-state index contributed by atoms with van der Waals surface area (Å²) in [6, 6.07) is 4.12. The molecule has 0 bridgehead atoms. The van der Waals surface area contributed by atoms with Crippen molar-refractivity contribution in [2.75, 3.05) is 12.5 Å². The largest absolute Gasteiger partial charge is 1.00 e. The molecule has 1 nitrogen and oxygen atoms in total. The number of phenolic OH excluding ortho intramolecular Hbond substituents is 1. The molecular weight excluding hydrogens is 204 g/mol. The summed E-state index contributed by atoms with van der Waals surface area (Å²) in [7, 11) is 0.281. The fourth-order valence-electron chi connectivity index (χ4n) is 1.15. The molecule has 1 N–H and O–H groups in total. The van der Waals surface area contributed by atoms with Crippen molar-refractivity contribution >= 4 is 10.9 Å². The second-order valence-corrected chi connectivity index (χ2v) is 5.33. The highest BCUT2D eigenvalue weighted by Crippen LogP contribution is 2.25. The van der Waals surface area contributed by atoms with Crippen molar-refractivity contribution in [1.82, 2.24) is 0 Å². The van der Waals surface area contributed by atoms with E-state index in [4.69, 9.17) is 0 Å². The molecule has 0 aromatic heterocycles. The minimum atomic E-state index is 0. The van der Waals surface area contributed by atoms with Crippen LogP contribution in [0.2, 0.25) is 0 Å². The van der Waals surface area contributed by atoms with E-state index in [1.165, 1.54) is 4.90 Å². The molecule has 13 heavy (non-hydrogen) atoms. The number of hydrogen-bond donors (Lipinski definition) is 1. The van der Waals surface area contributed by atoms with Gasteiger partial charge in [0.05, 0.1) is 0 Å². The summed E-state index contributed by atoms with van der Waals surface area (Å²) in [5.41, 5.74) is 1.96. The average Bonchev–Trinajstić information content (AvgIpc) is 1.99. The van der Waals surface area contributed by atoms with Crippen LogP contribution >= 0.6 is 0 Å². The maximum Gasteiger partial charge on any atom is 0.155 e. The molecule has 0 atom stereocenters. The molecule has 0 spiro atoms. The minimum Gasteiger partial charge on any atom is -1.00 e. The molecule has 0 aliphatic carbocycles. The first-order valence-corrected chi connectivity index (χ1v) is 5.94. The Morgan fingerprint density at radius 1 is 1.08 bits per heavy atom. The Kier molecular flexibility index (Phi) is 4.65. The second kappa shape index (κ2) is 4.77. The van der Waals surface area contributed by atoms with Crippen molar-refractivity contribution < 1.29 is 17.5 Å². The number of benzene rings is 1. The van der Waals surface area contributed by atoms with Crippen LogP contribution in [-0.4, -0.2) is 17.6 Å². The molecule has 0 radical (unpaired) electrons. The first-order valence-electron chi connectivity index (χ1n) is 3.90. The standard InChI is InChI=1S/C10H14OS.ClH/c1-7-5-9(12(3)4)6-8(2)10(7)11;/h5-6H,1-4H3;1H. The van der Waals surface area contributed by atoms with E-state index in [0.717, 1.165) is 11.1 Å². The van der Waals surface area contributed by atoms with Gasteiger partial charge in [0.1, 0.15) is 18.3 Å². The van der Waals surface area contributed by atoms with Gasteiger partial charge in [0.2, 0.25) is 0 Å². The molecule has 1 rings (SSSR count). The third-order valence-electron chi connectivity index (χ3n) is 1.94. The summed E-state index contributed by atoms with van der Waals surface area (Å²) < 4.78 is 0. The van der Waals surface area contributed by atoms with Crippen molar-refractivity contribution in [2.24, 2.45) is 0 Å². The molecule has 0 fully saturated rings. The number of aromatic hydroxyl groups is 1. The van der Waals surface area contributed by atoms with Crippen LogP contribution < -0.4 is 12.4 Å². The van der Waals surface area contributed by atoms with Gasteiger partial charge in [-0.05, 0) is 37.1 Å². The molecule has 3 heteroatoms. The van der Waals surface area contributed by atoms with Crippen molar-refractivity contribution in [1.29, 1.82) is 0 Å². The van der Waals surface area contributed by atoms with Crippen LogP contribution in [0.4, 0.5) is 0 Å². The van der Waals surface area contributed by atoms with E-state index in [1.54, 1.807) is 0 Å². The van der Waals surface area contributed by atoms with E-state index in [-0.39, 0.29) is 23.3 Å². The molecule has 0 heterocycles. The zero-order valence-corrected chi connectivity index (χ0v) is 9.96. The number of rotatable bonds is 1. The lowest BCUT2D eigenvalue weighted by atomic mass is 10.1. The molecule has 0 unspecified atom stereocenters. The van der Waals surface area contributed by atoms with Crippen LogP contribution in [0.5, 0.6) is 5.75 Å². The van der Waals surface area contributed by atoms with Crippen molar-refractivity contribution in [3.63, 3.8) is 0 Å². The number of phenols is 1. The van der Waals surface area contributed by atoms with E-state index in [9.17, 15) is 5.11 Å². The molecule has 0 aliphatic rings. The summed E-state index contributed by atoms with van der Waals surface area (Å²) in [6.07, 6.45) is 4.37. The average molecular weight is 219 g/mol. The Morgan fingerprint density at radius 3 is 1.77 bits per heavy atom. The second-order valence-electron chi connectivity index (χ2n) is 3.22. The number of hydrogen-bond acceptors (Lipinski definition) is 1. The molecular formula is C10H15ClOS. The van der Waals surface area contributed by atoms with Gasteiger partial charge in [-0.2, -0.15) is 0 Å². The highest BCUT2D eigenvalue weighted by molar-refractivity contribution is 7.95. The van der Waals surface area contributed by atoms with Gasteiger partial charge in [0.25, 0.3) is 0 Å². The molecule has 1 aromatic carbocycles. The molecule has 74 valence electrons. The Bertz CT molecular complexity index is 274. The van der Waals surface area contributed by atoms with Crippen LogP contribution in [0.25, 0.3) is 0 Å². The van der Waals surface area contributed by atoms with Gasteiger partial charge in [-0.15, -0.1) is 0 Å². The summed E-state index contributed by atoms with van der Waals surface area (Å²) in [5.74, 6) is 0.434. The van der Waals surface area contributed by atoms with Gasteiger partial charge in [-0.3, -0.25) is 0 Å². The third-order valence-corrected chi connectivity index (χ3v) is 3.11. The van der Waals surface area contributed by atoms with Gasteiger partial charge in [-0.1, -0.05) is 0 Å². The molecule has 0 amide bonds. The third kappa shape index (κ3) is 2.82. The topological polar surface area (TPSA) is 20.2 Å². The summed E-state index contributed by atoms with van der Waals surface area (Å²) in [5, 5.41) is 9.52. The monoisotopic (exact) mass is 218 g/mol. The van der Waals surface area contributed by atoms with Gasteiger partial charge >= 0.3 is 0 Å². The fourth-order valence-corrected chi connectivity index (χ4v) is 1.98. The van der Waals surface area contributed by atoms with Gasteiger partial charge < -0.3 is 17.5 Å². The van der Waals surface area contributed by atoms with E-state index >= 15 is 0 Å². The predicted molar refractivity (Wildman–Crippen MR) is 55.1 cm³/mol. The maximum atomic E-state index is 9.52. The van der Waals surface area contributed by atoms with E-state index in [0.29, 0.717) is 5.75 Å². The zero-order chi connectivity index (χ0) is 9.30. The lowest BCUT2D eigenvalue weighted by molar-refractivity contribution is -0.00000365. The van der Waals surface area contributed by atoms with E-state index in [1.807, 2.05) is 13.8 Å². The summed E-state index contributed by atoms with van der Waals surface area (Å²) in [6.45, 7) is 3.89. The number of aryl methyl sites for hydroxylation is 2. The molecule has 0 saturated heterocycles. The van der Waals surface area contributed by atoms with Crippen LogP contribution in [-0.2, 0) is 10.9 Å². The minimum absolute atomic E-state index is 0. The maximum absolute atomic E-state index is 9.52. The smallest absolute Gasteiger partial charge is 0.155 e. The van der Waals surface area contributed by atoms with Gasteiger partial charge in [0.15, 0.2) is 4.90 Å². The first-order chi connectivity index (χ1) is 5.52. The van der Waals surface area contributed by atoms with Crippen LogP contribution in [0.3, 0.4) is 0 Å². The first kappa shape index (κ1) is 12.7. The molecule has 0 aliphatic heterocycles. The lowest BCUT2D eigenvalue weighted by Crippen LogP contribution is -3.00. The van der Waals surface area contributed by atoms with Crippen molar-refractivity contribution in [3.05, 3.63) is 23.3 Å². The van der Waals surface area contributed by atoms with Crippen molar-refractivity contribution in [3.8, 4) is 5.75 Å². The van der Waals surface area contributed by atoms with Crippen molar-refractivity contribution in [2.45, 2.75) is 18.7 Å². The normalized spacial score (nSPS) is 9.92. The quantitative estimate of drug-likeness (QED) is 0.616. The zero-order valence-electron chi connectivity index (χ0n) is 8.39. The highest BCUT2D eigenvalue weighted by atomic mass is 35.5. The van der Waals surface area contributed by atoms with Crippen LogP contribution in [0.1, 0.15) is 11.1 Å². The lowest BCUT2D eigenvalue weighted by Gasteiger charge is -2.04. The summed E-state index contributed by atoms with van der Waals surface area (Å²) >= 11 is 0. The highest BCUT2D eigenvalue weighted by Gasteiger charge is 2.11. The summed E-state index contributed by atoms with van der Waals surface area (Å²) in [4.78, 5) is 1.32. The Labute approximate surface area is 88.9 Å². The SMILES string of the molecule is Cc1cc([S+](C)C)cc(C)c1O.[Cl-]. The fraction of sp³-hybridized carbons (Fsp3) is 0.400. The van der Waals surface area contributed by atoms with E-state index < -0.39 is 0 Å². The van der Waals surface area contributed by atoms with E-state index in [2.05, 4.69) is 24.6 Å². The number of halogens is 1.